The normalized spacial score (nSPS) is 24.3. The second-order valence-corrected chi connectivity index (χ2v) is 9.54. The number of fused-ring (bicyclic) bond motifs is 1. The Hall–Kier alpha value is -1.89. The number of aromatic nitrogens is 4. The maximum atomic E-state index is 15.5. The van der Waals surface area contributed by atoms with E-state index in [9.17, 15) is 8.42 Å². The van der Waals surface area contributed by atoms with Gasteiger partial charge in [-0.3, -0.25) is 0 Å². The highest BCUT2D eigenvalue weighted by atomic mass is 32.2. The Morgan fingerprint density at radius 1 is 1.26 bits per heavy atom. The van der Waals surface area contributed by atoms with Gasteiger partial charge in [-0.05, 0) is 12.8 Å². The molecule has 0 spiro atoms. The van der Waals surface area contributed by atoms with Crippen molar-refractivity contribution in [1.82, 2.24) is 19.6 Å². The van der Waals surface area contributed by atoms with E-state index in [0.29, 0.717) is 13.2 Å². The molecule has 1 saturated heterocycles. The number of nitrogens with zero attached hydrogens (tertiary/aromatic N) is 4. The van der Waals surface area contributed by atoms with E-state index in [4.69, 9.17) is 19.9 Å². The molecule has 2 N–H and O–H groups in total. The fourth-order valence-electron chi connectivity index (χ4n) is 3.34. The lowest BCUT2D eigenvalue weighted by Crippen LogP contribution is -2.34. The van der Waals surface area contributed by atoms with Crippen molar-refractivity contribution in [1.29, 1.82) is 0 Å². The molecule has 3 heterocycles. The topological polar surface area (TPSA) is 131 Å². The van der Waals surface area contributed by atoms with Gasteiger partial charge in [-0.1, -0.05) is 26.7 Å². The van der Waals surface area contributed by atoms with Gasteiger partial charge in [-0.15, -0.1) is 5.10 Å². The minimum Gasteiger partial charge on any atom is -0.380 e. The first-order valence-electron chi connectivity index (χ1n) is 10.5. The third-order valence-corrected chi connectivity index (χ3v) is 5.88. The summed E-state index contributed by atoms with van der Waals surface area (Å²) in [7, 11) is -3.73. The van der Waals surface area contributed by atoms with Gasteiger partial charge in [0, 0.05) is 19.5 Å². The van der Waals surface area contributed by atoms with Gasteiger partial charge in [-0.25, -0.2) is 22.3 Å². The number of nitrogens with two attached hydrogens (primary N) is 1. The SMILES string of the molecule is CCCCOC[C@H]1OC(c2cnc3c(N)nc(S(C)(=O)=O)nn23)[C@H](F)[C@@H]1OCCCC. The van der Waals surface area contributed by atoms with Gasteiger partial charge in [0.15, 0.2) is 17.6 Å². The number of hydrogen-bond donors (Lipinski definition) is 1. The van der Waals surface area contributed by atoms with Gasteiger partial charge >= 0.3 is 0 Å². The summed E-state index contributed by atoms with van der Waals surface area (Å²) < 4.78 is 57.9. The number of rotatable bonds is 11. The molecule has 12 heteroatoms. The number of sulfone groups is 1. The molecule has 0 aliphatic carbocycles. The molecular weight excluding hydrogens is 429 g/mol. The second kappa shape index (κ2) is 10.2. The average molecular weight is 460 g/mol. The van der Waals surface area contributed by atoms with Gasteiger partial charge in [0.25, 0.3) is 5.16 Å². The summed E-state index contributed by atoms with van der Waals surface area (Å²) in [6.45, 7) is 5.23. The summed E-state index contributed by atoms with van der Waals surface area (Å²) in [6, 6.07) is 0. The van der Waals surface area contributed by atoms with Crippen LogP contribution in [0.3, 0.4) is 0 Å². The van der Waals surface area contributed by atoms with Crippen molar-refractivity contribution in [2.24, 2.45) is 0 Å². The predicted octanol–water partition coefficient (Wildman–Crippen LogP) is 1.89. The molecule has 0 bridgehead atoms. The zero-order valence-electron chi connectivity index (χ0n) is 18.0. The molecule has 1 aliphatic heterocycles. The fraction of sp³-hybridized carbons (Fsp3) is 0.737. The minimum absolute atomic E-state index is 0.120. The monoisotopic (exact) mass is 459 g/mol. The van der Waals surface area contributed by atoms with E-state index >= 15 is 4.39 Å². The summed E-state index contributed by atoms with van der Waals surface area (Å²) in [6.07, 6.45) is 1.92. The van der Waals surface area contributed by atoms with E-state index in [1.807, 2.05) is 6.92 Å². The van der Waals surface area contributed by atoms with Crippen LogP contribution in [0.25, 0.3) is 5.65 Å². The van der Waals surface area contributed by atoms with Crippen molar-refractivity contribution in [2.45, 2.75) is 69.2 Å². The van der Waals surface area contributed by atoms with Gasteiger partial charge in [0.1, 0.15) is 18.3 Å². The van der Waals surface area contributed by atoms with Crippen LogP contribution in [-0.4, -0.2) is 72.5 Å². The van der Waals surface area contributed by atoms with Crippen molar-refractivity contribution >= 4 is 21.3 Å². The van der Waals surface area contributed by atoms with Crippen molar-refractivity contribution in [3.8, 4) is 0 Å². The first-order chi connectivity index (χ1) is 14.8. The Morgan fingerprint density at radius 3 is 2.65 bits per heavy atom. The number of anilines is 1. The maximum Gasteiger partial charge on any atom is 0.267 e. The van der Waals surface area contributed by atoms with E-state index in [1.54, 1.807) is 0 Å². The molecule has 31 heavy (non-hydrogen) atoms. The van der Waals surface area contributed by atoms with Crippen molar-refractivity contribution in [2.75, 3.05) is 31.8 Å². The van der Waals surface area contributed by atoms with Gasteiger partial charge < -0.3 is 19.9 Å². The molecule has 2 aromatic heterocycles. The number of ether oxygens (including phenoxy) is 3. The highest BCUT2D eigenvalue weighted by molar-refractivity contribution is 7.90. The molecular formula is C19H30FN5O5S. The number of alkyl halides is 1. The number of nitrogen functional groups attached to an aromatic ring is 1. The highest BCUT2D eigenvalue weighted by Gasteiger charge is 2.48. The lowest BCUT2D eigenvalue weighted by Gasteiger charge is -2.20. The van der Waals surface area contributed by atoms with E-state index < -0.39 is 39.5 Å². The fourth-order valence-corrected chi connectivity index (χ4v) is 3.84. The Balaban J connectivity index is 1.90. The zero-order chi connectivity index (χ0) is 22.6. The summed E-state index contributed by atoms with van der Waals surface area (Å²) in [5.41, 5.74) is 6.22. The van der Waals surface area contributed by atoms with Gasteiger partial charge in [-0.2, -0.15) is 4.98 Å². The molecule has 174 valence electrons. The predicted molar refractivity (Wildman–Crippen MR) is 111 cm³/mol. The molecule has 0 amide bonds. The first-order valence-corrected chi connectivity index (χ1v) is 12.4. The van der Waals surface area contributed by atoms with Crippen molar-refractivity contribution < 1.29 is 27.0 Å². The summed E-state index contributed by atoms with van der Waals surface area (Å²) in [5.74, 6) is -0.120. The van der Waals surface area contributed by atoms with E-state index in [-0.39, 0.29) is 23.8 Å². The van der Waals surface area contributed by atoms with E-state index in [0.717, 1.165) is 31.9 Å². The molecule has 0 aromatic carbocycles. The molecule has 0 saturated carbocycles. The lowest BCUT2D eigenvalue weighted by atomic mass is 10.1. The number of hydrogen-bond acceptors (Lipinski definition) is 9. The Morgan fingerprint density at radius 2 is 1.97 bits per heavy atom. The van der Waals surface area contributed by atoms with E-state index in [2.05, 4.69) is 22.0 Å². The van der Waals surface area contributed by atoms with Crippen LogP contribution in [0.15, 0.2) is 11.4 Å². The van der Waals surface area contributed by atoms with Crippen LogP contribution < -0.4 is 5.73 Å². The number of imidazole rings is 1. The van der Waals surface area contributed by atoms with Crippen molar-refractivity contribution in [3.05, 3.63) is 11.9 Å². The smallest absolute Gasteiger partial charge is 0.267 e. The van der Waals surface area contributed by atoms with Crippen LogP contribution >= 0.6 is 0 Å². The Bertz CT molecular complexity index is 985. The summed E-state index contributed by atoms with van der Waals surface area (Å²) in [5, 5.41) is 3.54. The molecule has 0 radical (unpaired) electrons. The molecule has 1 aliphatic rings. The van der Waals surface area contributed by atoms with Gasteiger partial charge in [0.05, 0.1) is 18.5 Å². The van der Waals surface area contributed by atoms with Crippen LogP contribution in [0.5, 0.6) is 0 Å². The molecule has 1 fully saturated rings. The Kier molecular flexibility index (Phi) is 7.78. The van der Waals surface area contributed by atoms with Crippen LogP contribution in [0, 0.1) is 0 Å². The van der Waals surface area contributed by atoms with Crippen LogP contribution in [0.4, 0.5) is 10.2 Å². The van der Waals surface area contributed by atoms with E-state index in [1.165, 1.54) is 10.7 Å². The third kappa shape index (κ3) is 5.30. The lowest BCUT2D eigenvalue weighted by molar-refractivity contribution is -0.0673. The van der Waals surface area contributed by atoms with Gasteiger partial charge in [0.2, 0.25) is 9.84 Å². The minimum atomic E-state index is -3.73. The second-order valence-electron chi connectivity index (χ2n) is 7.63. The van der Waals surface area contributed by atoms with Crippen molar-refractivity contribution in [3.63, 3.8) is 0 Å². The van der Waals surface area contributed by atoms with Crippen LogP contribution in [0.1, 0.15) is 51.3 Å². The Labute approximate surface area is 181 Å². The largest absolute Gasteiger partial charge is 0.380 e. The molecule has 3 rings (SSSR count). The first kappa shape index (κ1) is 23.8. The molecule has 1 unspecified atom stereocenters. The third-order valence-electron chi connectivity index (χ3n) is 5.04. The van der Waals surface area contributed by atoms with Crippen LogP contribution in [-0.2, 0) is 24.0 Å². The molecule has 10 nitrogen and oxygen atoms in total. The number of halogens is 1. The summed E-state index contributed by atoms with van der Waals surface area (Å²) in [4.78, 5) is 7.92. The molecule has 2 aromatic rings. The summed E-state index contributed by atoms with van der Waals surface area (Å²) >= 11 is 0. The quantitative estimate of drug-likeness (QED) is 0.500. The molecule has 4 atom stereocenters. The standard InChI is InChI=1S/C19H30FN5O5S/c1-4-6-8-28-11-13-16(29-9-7-5-2)14(20)15(30-13)12-10-22-18-17(21)23-19(24-25(12)18)31(3,26)27/h10,13-16H,4-9,11H2,1-3H3,(H2,21,23,24)/t13-,14+,15?,16-/m1/s1. The maximum absolute atomic E-state index is 15.5. The highest BCUT2D eigenvalue weighted by Crippen LogP contribution is 2.38. The average Bonchev–Trinajstić information content (AvgIpc) is 3.27. The van der Waals surface area contributed by atoms with Crippen LogP contribution in [0.2, 0.25) is 0 Å². The zero-order valence-corrected chi connectivity index (χ0v) is 18.8. The number of unbranched alkanes of at least 4 members (excludes halogenated alkanes) is 2.